The summed E-state index contributed by atoms with van der Waals surface area (Å²) < 4.78 is 9.95. The van der Waals surface area contributed by atoms with Crippen LogP contribution in [-0.4, -0.2) is 24.6 Å². The van der Waals surface area contributed by atoms with Gasteiger partial charge in [-0.2, -0.15) is 0 Å². The van der Waals surface area contributed by atoms with E-state index < -0.39 is 23.7 Å². The molecule has 214 valence electrons. The molecule has 0 spiro atoms. The Labute approximate surface area is 247 Å². The van der Waals surface area contributed by atoms with Crippen molar-refractivity contribution in [2.45, 2.75) is 26.2 Å². The fraction of sp³-hybridized carbons (Fsp3) is 0.118. The topological polar surface area (TPSA) is 100 Å². The first kappa shape index (κ1) is 27.5. The average Bonchev–Trinajstić information content (AvgIpc) is 3.46. The molecule has 0 aliphatic rings. The second-order valence-corrected chi connectivity index (χ2v) is 10.1. The van der Waals surface area contributed by atoms with E-state index in [4.69, 9.17) is 4.74 Å². The van der Waals surface area contributed by atoms with Crippen LogP contribution in [0.2, 0.25) is 0 Å². The number of benzene rings is 4. The Morgan fingerprint density at radius 2 is 1.28 bits per heavy atom. The van der Waals surface area contributed by atoms with E-state index in [1.54, 1.807) is 35.2 Å². The third-order valence-electron chi connectivity index (χ3n) is 7.05. The molecule has 0 fully saturated rings. The molecule has 0 radical (unpaired) electrons. The number of anilines is 1. The molecular formula is C34H29N5O4. The van der Waals surface area contributed by atoms with Crippen molar-refractivity contribution in [3.8, 4) is 5.75 Å². The number of hydrogen-bond donors (Lipinski definition) is 1. The van der Waals surface area contributed by atoms with Crippen LogP contribution in [0.5, 0.6) is 5.75 Å². The van der Waals surface area contributed by atoms with Crippen LogP contribution < -0.4 is 21.3 Å². The summed E-state index contributed by atoms with van der Waals surface area (Å²) in [6, 6.07) is 35.9. The maximum absolute atomic E-state index is 13.7. The Bertz CT molecular complexity index is 1960. The normalized spacial score (nSPS) is 11.0. The van der Waals surface area contributed by atoms with Crippen LogP contribution in [0.25, 0.3) is 11.2 Å². The summed E-state index contributed by atoms with van der Waals surface area (Å²) >= 11 is 0. The summed E-state index contributed by atoms with van der Waals surface area (Å²) in [6.45, 7) is 0.561. The van der Waals surface area contributed by atoms with Crippen LogP contribution in [-0.2, 0) is 31.0 Å². The zero-order valence-corrected chi connectivity index (χ0v) is 23.3. The molecule has 0 aliphatic carbocycles. The van der Waals surface area contributed by atoms with Crippen molar-refractivity contribution >= 4 is 22.8 Å². The lowest BCUT2D eigenvalue weighted by Gasteiger charge is -2.13. The summed E-state index contributed by atoms with van der Waals surface area (Å²) in [7, 11) is 0. The highest BCUT2D eigenvalue weighted by Gasteiger charge is 2.20. The Morgan fingerprint density at radius 1 is 0.698 bits per heavy atom. The minimum absolute atomic E-state index is 0.199. The summed E-state index contributed by atoms with van der Waals surface area (Å²) in [4.78, 5) is 45.0. The molecular weight excluding hydrogens is 542 g/mol. The van der Waals surface area contributed by atoms with Crippen LogP contribution in [0.1, 0.15) is 16.7 Å². The van der Waals surface area contributed by atoms with Crippen LogP contribution in [0.4, 0.5) is 5.69 Å². The lowest BCUT2D eigenvalue weighted by atomic mass is 10.2. The first-order chi connectivity index (χ1) is 21.0. The maximum Gasteiger partial charge on any atom is 0.333 e. The molecule has 0 unspecified atom stereocenters. The Hall–Kier alpha value is -5.70. The zero-order chi connectivity index (χ0) is 29.6. The molecule has 1 N–H and O–H groups in total. The molecule has 6 aromatic rings. The third-order valence-corrected chi connectivity index (χ3v) is 7.05. The predicted molar refractivity (Wildman–Crippen MR) is 165 cm³/mol. The fourth-order valence-corrected chi connectivity index (χ4v) is 4.91. The molecule has 0 aliphatic heterocycles. The standard InChI is InChI=1S/C34H29N5O4/c40-30(36-28-16-18-29(19-17-28)43-23-27-14-8-3-9-15-27)22-39-33(41)31-32(35-24-37(31)20-25-10-4-1-5-11-25)38(34(39)42)21-26-12-6-2-7-13-26/h1-19,24H,20-23H2,(H,36,40). The first-order valence-corrected chi connectivity index (χ1v) is 13.9. The number of rotatable bonds is 10. The van der Waals surface area contributed by atoms with Gasteiger partial charge >= 0.3 is 5.69 Å². The van der Waals surface area contributed by atoms with Gasteiger partial charge in [0, 0.05) is 12.2 Å². The van der Waals surface area contributed by atoms with E-state index in [9.17, 15) is 14.4 Å². The molecule has 6 rings (SSSR count). The minimum Gasteiger partial charge on any atom is -0.489 e. The van der Waals surface area contributed by atoms with E-state index in [0.717, 1.165) is 21.3 Å². The molecule has 43 heavy (non-hydrogen) atoms. The number of ether oxygens (including phenoxy) is 1. The lowest BCUT2D eigenvalue weighted by molar-refractivity contribution is -0.116. The van der Waals surface area contributed by atoms with E-state index in [0.29, 0.717) is 24.6 Å². The summed E-state index contributed by atoms with van der Waals surface area (Å²) in [5.41, 5.74) is 2.76. The van der Waals surface area contributed by atoms with Crippen LogP contribution in [0.3, 0.4) is 0 Å². The molecule has 1 amide bonds. The van der Waals surface area contributed by atoms with Crippen molar-refractivity contribution in [1.82, 2.24) is 18.7 Å². The molecule has 4 aromatic carbocycles. The van der Waals surface area contributed by atoms with Gasteiger partial charge in [-0.1, -0.05) is 91.0 Å². The number of amides is 1. The van der Waals surface area contributed by atoms with Gasteiger partial charge in [0.25, 0.3) is 5.56 Å². The van der Waals surface area contributed by atoms with E-state index >= 15 is 0 Å². The van der Waals surface area contributed by atoms with Crippen molar-refractivity contribution in [2.75, 3.05) is 5.32 Å². The number of imidazole rings is 1. The molecule has 0 saturated heterocycles. The molecule has 0 atom stereocenters. The van der Waals surface area contributed by atoms with E-state index in [1.165, 1.54) is 4.57 Å². The van der Waals surface area contributed by atoms with Gasteiger partial charge in [0.1, 0.15) is 18.9 Å². The van der Waals surface area contributed by atoms with Gasteiger partial charge in [0.05, 0.1) is 12.9 Å². The number of carbonyl (C=O) groups is 1. The van der Waals surface area contributed by atoms with Crippen molar-refractivity contribution in [3.63, 3.8) is 0 Å². The van der Waals surface area contributed by atoms with Crippen LogP contribution in [0, 0.1) is 0 Å². The van der Waals surface area contributed by atoms with Crippen molar-refractivity contribution in [1.29, 1.82) is 0 Å². The summed E-state index contributed by atoms with van der Waals surface area (Å²) in [5, 5.41) is 2.79. The van der Waals surface area contributed by atoms with Crippen molar-refractivity contribution in [3.05, 3.63) is 159 Å². The minimum atomic E-state index is -0.605. The van der Waals surface area contributed by atoms with Gasteiger partial charge in [-0.05, 0) is 41.0 Å². The molecule has 0 bridgehead atoms. The molecule has 9 heteroatoms. The van der Waals surface area contributed by atoms with Gasteiger partial charge in [0.2, 0.25) is 5.91 Å². The number of aromatic nitrogens is 4. The van der Waals surface area contributed by atoms with Crippen molar-refractivity contribution in [2.24, 2.45) is 0 Å². The number of hydrogen-bond acceptors (Lipinski definition) is 5. The number of nitrogens with one attached hydrogen (secondary N) is 1. The van der Waals surface area contributed by atoms with E-state index in [-0.39, 0.29) is 17.7 Å². The highest BCUT2D eigenvalue weighted by molar-refractivity contribution is 5.90. The summed E-state index contributed by atoms with van der Waals surface area (Å²) in [6.07, 6.45) is 1.56. The van der Waals surface area contributed by atoms with E-state index in [2.05, 4.69) is 10.3 Å². The number of nitrogens with zero attached hydrogens (tertiary/aromatic N) is 4. The Morgan fingerprint density at radius 3 is 1.91 bits per heavy atom. The lowest BCUT2D eigenvalue weighted by Crippen LogP contribution is -2.43. The van der Waals surface area contributed by atoms with Gasteiger partial charge in [0.15, 0.2) is 11.2 Å². The number of fused-ring (bicyclic) bond motifs is 1. The zero-order valence-electron chi connectivity index (χ0n) is 23.3. The maximum atomic E-state index is 13.7. The molecule has 9 nitrogen and oxygen atoms in total. The van der Waals surface area contributed by atoms with Gasteiger partial charge in [-0.25, -0.2) is 14.3 Å². The largest absolute Gasteiger partial charge is 0.489 e. The Kier molecular flexibility index (Phi) is 7.95. The third kappa shape index (κ3) is 6.31. The second-order valence-electron chi connectivity index (χ2n) is 10.1. The molecule has 0 saturated carbocycles. The second kappa shape index (κ2) is 12.4. The van der Waals surface area contributed by atoms with Crippen LogP contribution in [0.15, 0.2) is 131 Å². The molecule has 2 aromatic heterocycles. The Balaban J connectivity index is 1.27. The fourth-order valence-electron chi connectivity index (χ4n) is 4.91. The van der Waals surface area contributed by atoms with Gasteiger partial charge < -0.3 is 14.6 Å². The van der Waals surface area contributed by atoms with E-state index in [1.807, 2.05) is 91.0 Å². The SMILES string of the molecule is O=C(Cn1c(=O)c2c(ncn2Cc2ccccc2)n(Cc2ccccc2)c1=O)Nc1ccc(OCc2ccccc2)cc1. The first-order valence-electron chi connectivity index (χ1n) is 13.9. The van der Waals surface area contributed by atoms with Crippen LogP contribution >= 0.6 is 0 Å². The molecule has 2 heterocycles. The highest BCUT2D eigenvalue weighted by atomic mass is 16.5. The van der Waals surface area contributed by atoms with Gasteiger partial charge in [-0.15, -0.1) is 0 Å². The number of carbonyl (C=O) groups excluding carboxylic acids is 1. The smallest absolute Gasteiger partial charge is 0.333 e. The van der Waals surface area contributed by atoms with Gasteiger partial charge in [-0.3, -0.25) is 14.2 Å². The summed E-state index contributed by atoms with van der Waals surface area (Å²) in [5.74, 6) is 0.149. The average molecular weight is 572 g/mol. The van der Waals surface area contributed by atoms with Crippen molar-refractivity contribution < 1.29 is 9.53 Å². The predicted octanol–water partition coefficient (Wildman–Crippen LogP) is 4.67. The highest BCUT2D eigenvalue weighted by Crippen LogP contribution is 2.17. The monoisotopic (exact) mass is 571 g/mol. The quantitative estimate of drug-likeness (QED) is 0.258.